The number of nitrogens with one attached hydrogen (secondary N) is 2. The van der Waals surface area contributed by atoms with Crippen molar-refractivity contribution in [1.29, 1.82) is 0 Å². The zero-order valence-electron chi connectivity index (χ0n) is 10.6. The molecule has 1 aliphatic rings. The van der Waals surface area contributed by atoms with E-state index in [0.29, 0.717) is 6.42 Å². The van der Waals surface area contributed by atoms with Crippen LogP contribution in [0.25, 0.3) is 0 Å². The van der Waals surface area contributed by atoms with Gasteiger partial charge in [-0.2, -0.15) is 0 Å². The van der Waals surface area contributed by atoms with Crippen molar-refractivity contribution in [3.63, 3.8) is 0 Å². The average molecular weight is 282 g/mol. The van der Waals surface area contributed by atoms with E-state index in [4.69, 9.17) is 0 Å². The van der Waals surface area contributed by atoms with Crippen LogP contribution in [0.5, 0.6) is 0 Å². The first kappa shape index (κ1) is 14.0. The minimum atomic E-state index is -3.40. The third-order valence-corrected chi connectivity index (χ3v) is 4.22. The van der Waals surface area contributed by atoms with Gasteiger partial charge in [0.15, 0.2) is 0 Å². The van der Waals surface area contributed by atoms with Gasteiger partial charge in [-0.25, -0.2) is 13.1 Å². The van der Waals surface area contributed by atoms with E-state index in [1.807, 2.05) is 30.3 Å². The quantitative estimate of drug-likeness (QED) is 0.761. The first-order chi connectivity index (χ1) is 9.05. The second-order valence-corrected chi connectivity index (χ2v) is 6.64. The minimum absolute atomic E-state index is 0.00623. The van der Waals surface area contributed by atoms with Gasteiger partial charge < -0.3 is 5.32 Å². The lowest BCUT2D eigenvalue weighted by atomic mass is 10.2. The predicted molar refractivity (Wildman–Crippen MR) is 73.1 cm³/mol. The molecule has 0 radical (unpaired) electrons. The second kappa shape index (κ2) is 6.16. The molecule has 0 saturated heterocycles. The fourth-order valence-electron chi connectivity index (χ4n) is 1.65. The van der Waals surface area contributed by atoms with Crippen molar-refractivity contribution in [2.45, 2.75) is 25.3 Å². The molecule has 6 heteroatoms. The lowest BCUT2D eigenvalue weighted by Crippen LogP contribution is -2.38. The van der Waals surface area contributed by atoms with Gasteiger partial charge in [-0.3, -0.25) is 4.79 Å². The normalized spacial score (nSPS) is 15.2. The van der Waals surface area contributed by atoms with Crippen LogP contribution in [0.3, 0.4) is 0 Å². The number of benzene rings is 1. The van der Waals surface area contributed by atoms with Crippen LogP contribution in [-0.4, -0.2) is 32.7 Å². The Hall–Kier alpha value is -1.40. The van der Waals surface area contributed by atoms with Crippen LogP contribution >= 0.6 is 0 Å². The maximum atomic E-state index is 11.7. The van der Waals surface area contributed by atoms with Crippen molar-refractivity contribution in [3.05, 3.63) is 35.9 Å². The molecule has 0 spiro atoms. The fraction of sp³-hybridized carbons (Fsp3) is 0.462. The molecule has 104 valence electrons. The SMILES string of the molecule is O=C(CNS(=O)(=O)CCc1ccccc1)NC1CC1. The summed E-state index contributed by atoms with van der Waals surface area (Å²) in [6, 6.07) is 9.65. The highest BCUT2D eigenvalue weighted by Gasteiger charge is 2.23. The third kappa shape index (κ3) is 5.40. The Balaban J connectivity index is 1.73. The van der Waals surface area contributed by atoms with Gasteiger partial charge in [0.25, 0.3) is 0 Å². The highest BCUT2D eigenvalue weighted by molar-refractivity contribution is 7.89. The minimum Gasteiger partial charge on any atom is -0.352 e. The van der Waals surface area contributed by atoms with Crippen molar-refractivity contribution in [3.8, 4) is 0 Å². The van der Waals surface area contributed by atoms with Crippen molar-refractivity contribution in [2.24, 2.45) is 0 Å². The van der Waals surface area contributed by atoms with Gasteiger partial charge in [0.2, 0.25) is 15.9 Å². The van der Waals surface area contributed by atoms with E-state index < -0.39 is 10.0 Å². The Morgan fingerprint density at radius 2 is 1.89 bits per heavy atom. The average Bonchev–Trinajstić information content (AvgIpc) is 3.20. The number of aryl methyl sites for hydroxylation is 1. The third-order valence-electron chi connectivity index (χ3n) is 2.90. The van der Waals surface area contributed by atoms with E-state index in [-0.39, 0.29) is 24.2 Å². The molecular formula is C13H18N2O3S. The molecular weight excluding hydrogens is 264 g/mol. The number of carbonyl (C=O) groups is 1. The van der Waals surface area contributed by atoms with E-state index in [1.54, 1.807) is 0 Å². The first-order valence-corrected chi connectivity index (χ1v) is 8.01. The standard InChI is InChI=1S/C13H18N2O3S/c16-13(15-12-6-7-12)10-14-19(17,18)9-8-11-4-2-1-3-5-11/h1-5,12,14H,6-10H2,(H,15,16). The van der Waals surface area contributed by atoms with Crippen molar-refractivity contribution in [1.82, 2.24) is 10.0 Å². The van der Waals surface area contributed by atoms with Crippen LogP contribution < -0.4 is 10.0 Å². The number of rotatable bonds is 7. The summed E-state index contributed by atoms with van der Waals surface area (Å²) in [5.74, 6) is -0.265. The zero-order valence-corrected chi connectivity index (χ0v) is 11.4. The summed E-state index contributed by atoms with van der Waals surface area (Å²) in [7, 11) is -3.40. The van der Waals surface area contributed by atoms with Crippen molar-refractivity contribution < 1.29 is 13.2 Å². The number of hydrogen-bond acceptors (Lipinski definition) is 3. The van der Waals surface area contributed by atoms with Crippen LogP contribution in [0.2, 0.25) is 0 Å². The fourth-order valence-corrected chi connectivity index (χ4v) is 2.65. The Bertz CT molecular complexity index is 524. The number of sulfonamides is 1. The summed E-state index contributed by atoms with van der Waals surface area (Å²) < 4.78 is 25.8. The number of hydrogen-bond donors (Lipinski definition) is 2. The van der Waals surface area contributed by atoms with Crippen LogP contribution in [-0.2, 0) is 21.2 Å². The molecule has 0 aliphatic heterocycles. The lowest BCUT2D eigenvalue weighted by Gasteiger charge is -2.07. The van der Waals surface area contributed by atoms with Gasteiger partial charge in [0.05, 0.1) is 12.3 Å². The van der Waals surface area contributed by atoms with Gasteiger partial charge in [-0.15, -0.1) is 0 Å². The first-order valence-electron chi connectivity index (χ1n) is 6.36. The molecule has 2 N–H and O–H groups in total. The Kier molecular flexibility index (Phi) is 4.55. The highest BCUT2D eigenvalue weighted by atomic mass is 32.2. The Morgan fingerprint density at radius 3 is 2.53 bits per heavy atom. The summed E-state index contributed by atoms with van der Waals surface area (Å²) >= 11 is 0. The summed E-state index contributed by atoms with van der Waals surface area (Å²) in [5.41, 5.74) is 0.968. The van der Waals surface area contributed by atoms with Crippen LogP contribution in [0.15, 0.2) is 30.3 Å². The maximum Gasteiger partial charge on any atom is 0.235 e. The van der Waals surface area contributed by atoms with E-state index in [0.717, 1.165) is 18.4 Å². The van der Waals surface area contributed by atoms with E-state index in [9.17, 15) is 13.2 Å². The molecule has 2 rings (SSSR count). The summed E-state index contributed by atoms with van der Waals surface area (Å²) in [6.07, 6.45) is 2.43. The molecule has 1 aromatic carbocycles. The molecule has 0 aromatic heterocycles. The molecule has 0 unspecified atom stereocenters. The largest absolute Gasteiger partial charge is 0.352 e. The summed E-state index contributed by atoms with van der Waals surface area (Å²) in [4.78, 5) is 11.4. The maximum absolute atomic E-state index is 11.7. The van der Waals surface area contributed by atoms with Crippen molar-refractivity contribution >= 4 is 15.9 Å². The topological polar surface area (TPSA) is 75.3 Å². The number of amides is 1. The number of carbonyl (C=O) groups excluding carboxylic acids is 1. The zero-order chi connectivity index (χ0) is 13.7. The monoisotopic (exact) mass is 282 g/mol. The molecule has 5 nitrogen and oxygen atoms in total. The summed E-state index contributed by atoms with van der Waals surface area (Å²) in [6.45, 7) is -0.173. The van der Waals surface area contributed by atoms with Gasteiger partial charge in [0, 0.05) is 6.04 Å². The second-order valence-electron chi connectivity index (χ2n) is 4.72. The van der Waals surface area contributed by atoms with E-state index in [2.05, 4.69) is 10.0 Å². The van der Waals surface area contributed by atoms with Crippen LogP contribution in [0.1, 0.15) is 18.4 Å². The van der Waals surface area contributed by atoms with Gasteiger partial charge in [-0.1, -0.05) is 30.3 Å². The van der Waals surface area contributed by atoms with E-state index >= 15 is 0 Å². The molecule has 1 saturated carbocycles. The Morgan fingerprint density at radius 1 is 1.21 bits per heavy atom. The van der Waals surface area contributed by atoms with Crippen molar-refractivity contribution in [2.75, 3.05) is 12.3 Å². The van der Waals surface area contributed by atoms with Gasteiger partial charge in [-0.05, 0) is 24.8 Å². The molecule has 1 fully saturated rings. The van der Waals surface area contributed by atoms with Crippen LogP contribution in [0, 0.1) is 0 Å². The molecule has 1 aliphatic carbocycles. The van der Waals surface area contributed by atoms with Crippen LogP contribution in [0.4, 0.5) is 0 Å². The Labute approximate surface area is 113 Å². The van der Waals surface area contributed by atoms with E-state index in [1.165, 1.54) is 0 Å². The summed E-state index contributed by atoms with van der Waals surface area (Å²) in [5, 5.41) is 2.73. The lowest BCUT2D eigenvalue weighted by molar-refractivity contribution is -0.120. The smallest absolute Gasteiger partial charge is 0.235 e. The molecule has 0 atom stereocenters. The van der Waals surface area contributed by atoms with Gasteiger partial charge in [0.1, 0.15) is 0 Å². The van der Waals surface area contributed by atoms with Gasteiger partial charge >= 0.3 is 0 Å². The molecule has 19 heavy (non-hydrogen) atoms. The molecule has 1 amide bonds. The molecule has 1 aromatic rings. The highest BCUT2D eigenvalue weighted by Crippen LogP contribution is 2.18. The predicted octanol–water partition coefficient (Wildman–Crippen LogP) is 0.427. The molecule has 0 bridgehead atoms. The molecule has 0 heterocycles.